The van der Waals surface area contributed by atoms with E-state index in [1.165, 1.54) is 25.8 Å². The zero-order valence-electron chi connectivity index (χ0n) is 13.2. The molecule has 1 aliphatic heterocycles. The van der Waals surface area contributed by atoms with Crippen LogP contribution in [0.2, 0.25) is 0 Å². The Morgan fingerprint density at radius 1 is 1.50 bits per heavy atom. The predicted octanol–water partition coefficient (Wildman–Crippen LogP) is 2.94. The third-order valence-electron chi connectivity index (χ3n) is 4.08. The van der Waals surface area contributed by atoms with Crippen LogP contribution in [0.3, 0.4) is 0 Å². The molecule has 1 N–H and O–H groups in total. The molecule has 1 saturated heterocycles. The molecular formula is C16H23N3O3. The van der Waals surface area contributed by atoms with Gasteiger partial charge in [0.05, 0.1) is 10.5 Å². The highest BCUT2D eigenvalue weighted by Gasteiger charge is 2.22. The molecule has 1 fully saturated rings. The SMILES string of the molecule is CCCN1CC[C@H](CNc2ccc([N+](=O)[O-])c(C(C)=O)c2)C1. The first-order valence-electron chi connectivity index (χ1n) is 7.77. The largest absolute Gasteiger partial charge is 0.385 e. The Balaban J connectivity index is 1.98. The van der Waals surface area contributed by atoms with Crippen molar-refractivity contribution in [3.05, 3.63) is 33.9 Å². The summed E-state index contributed by atoms with van der Waals surface area (Å²) in [5.74, 6) is 0.299. The molecule has 0 spiro atoms. The monoisotopic (exact) mass is 305 g/mol. The van der Waals surface area contributed by atoms with Crippen molar-refractivity contribution in [1.82, 2.24) is 4.90 Å². The number of ketones is 1. The number of carbonyl (C=O) groups is 1. The highest BCUT2D eigenvalue weighted by atomic mass is 16.6. The summed E-state index contributed by atoms with van der Waals surface area (Å²) in [6.45, 7) is 7.74. The number of Topliss-reactive ketones (excluding diaryl/α,β-unsaturated/α-hetero) is 1. The lowest BCUT2D eigenvalue weighted by Gasteiger charge is -2.15. The van der Waals surface area contributed by atoms with Crippen molar-refractivity contribution in [3.63, 3.8) is 0 Å². The van der Waals surface area contributed by atoms with E-state index in [4.69, 9.17) is 0 Å². The van der Waals surface area contributed by atoms with E-state index in [9.17, 15) is 14.9 Å². The second-order valence-corrected chi connectivity index (χ2v) is 5.88. The first-order valence-corrected chi connectivity index (χ1v) is 7.77. The first-order chi connectivity index (χ1) is 10.5. The van der Waals surface area contributed by atoms with E-state index in [1.54, 1.807) is 12.1 Å². The molecule has 0 aliphatic carbocycles. The minimum atomic E-state index is -0.514. The van der Waals surface area contributed by atoms with E-state index in [-0.39, 0.29) is 17.0 Å². The lowest BCUT2D eigenvalue weighted by Crippen LogP contribution is -2.23. The molecule has 0 amide bonds. The molecule has 0 radical (unpaired) electrons. The van der Waals surface area contributed by atoms with Gasteiger partial charge in [-0.3, -0.25) is 14.9 Å². The lowest BCUT2D eigenvalue weighted by atomic mass is 10.1. The fraction of sp³-hybridized carbons (Fsp3) is 0.562. The van der Waals surface area contributed by atoms with Gasteiger partial charge in [-0.1, -0.05) is 6.92 Å². The van der Waals surface area contributed by atoms with E-state index in [0.29, 0.717) is 5.92 Å². The Labute approximate surface area is 130 Å². The van der Waals surface area contributed by atoms with Crippen LogP contribution in [0, 0.1) is 16.0 Å². The smallest absolute Gasteiger partial charge is 0.280 e. The van der Waals surface area contributed by atoms with Crippen molar-refractivity contribution < 1.29 is 9.72 Å². The second-order valence-electron chi connectivity index (χ2n) is 5.88. The van der Waals surface area contributed by atoms with Gasteiger partial charge >= 0.3 is 0 Å². The molecule has 2 rings (SSSR count). The van der Waals surface area contributed by atoms with Gasteiger partial charge in [0.25, 0.3) is 5.69 Å². The van der Waals surface area contributed by atoms with Crippen LogP contribution in [-0.4, -0.2) is 41.8 Å². The van der Waals surface area contributed by atoms with Crippen molar-refractivity contribution in [2.24, 2.45) is 5.92 Å². The van der Waals surface area contributed by atoms with Crippen LogP contribution >= 0.6 is 0 Å². The van der Waals surface area contributed by atoms with Crippen molar-refractivity contribution >= 4 is 17.2 Å². The Hall–Kier alpha value is -1.95. The number of rotatable bonds is 7. The predicted molar refractivity (Wildman–Crippen MR) is 86.4 cm³/mol. The summed E-state index contributed by atoms with van der Waals surface area (Å²) in [6.07, 6.45) is 2.34. The van der Waals surface area contributed by atoms with Crippen LogP contribution in [-0.2, 0) is 0 Å². The van der Waals surface area contributed by atoms with Crippen molar-refractivity contribution in [3.8, 4) is 0 Å². The molecule has 0 aromatic heterocycles. The first kappa shape index (κ1) is 16.4. The number of nitrogens with one attached hydrogen (secondary N) is 1. The molecule has 1 aromatic carbocycles. The molecule has 0 unspecified atom stereocenters. The maximum atomic E-state index is 11.6. The zero-order valence-corrected chi connectivity index (χ0v) is 13.2. The van der Waals surface area contributed by atoms with E-state index in [1.807, 2.05) is 0 Å². The number of carbonyl (C=O) groups excluding carboxylic acids is 1. The van der Waals surface area contributed by atoms with E-state index < -0.39 is 4.92 Å². The summed E-state index contributed by atoms with van der Waals surface area (Å²) in [5, 5.41) is 14.2. The number of hydrogen-bond acceptors (Lipinski definition) is 5. The van der Waals surface area contributed by atoms with Gasteiger partial charge in [-0.2, -0.15) is 0 Å². The second kappa shape index (κ2) is 7.35. The van der Waals surface area contributed by atoms with Gasteiger partial charge in [0.1, 0.15) is 0 Å². The van der Waals surface area contributed by atoms with E-state index in [0.717, 1.165) is 31.9 Å². The Bertz CT molecular complexity index is 560. The summed E-state index contributed by atoms with van der Waals surface area (Å²) in [4.78, 5) is 24.4. The Kier molecular flexibility index (Phi) is 5.49. The lowest BCUT2D eigenvalue weighted by molar-refractivity contribution is -0.385. The normalized spacial score (nSPS) is 18.4. The summed E-state index contributed by atoms with van der Waals surface area (Å²) >= 11 is 0. The average Bonchev–Trinajstić information content (AvgIpc) is 2.92. The number of likely N-dealkylation sites (tertiary alicyclic amines) is 1. The fourth-order valence-electron chi connectivity index (χ4n) is 2.95. The molecule has 22 heavy (non-hydrogen) atoms. The van der Waals surface area contributed by atoms with Gasteiger partial charge in [-0.25, -0.2) is 0 Å². The van der Waals surface area contributed by atoms with Gasteiger partial charge < -0.3 is 10.2 Å². The van der Waals surface area contributed by atoms with Gasteiger partial charge in [-0.05, 0) is 50.9 Å². The number of hydrogen-bond donors (Lipinski definition) is 1. The van der Waals surface area contributed by atoms with Gasteiger partial charge in [-0.15, -0.1) is 0 Å². The van der Waals surface area contributed by atoms with Crippen molar-refractivity contribution in [2.45, 2.75) is 26.7 Å². The molecule has 1 heterocycles. The van der Waals surface area contributed by atoms with Crippen LogP contribution < -0.4 is 5.32 Å². The number of nitro groups is 1. The topological polar surface area (TPSA) is 75.5 Å². The van der Waals surface area contributed by atoms with Crippen LogP contribution in [0.15, 0.2) is 18.2 Å². The summed E-state index contributed by atoms with van der Waals surface area (Å²) < 4.78 is 0. The standard InChI is InChI=1S/C16H23N3O3/c1-3-7-18-8-6-13(11-18)10-17-14-4-5-16(19(21)22)15(9-14)12(2)20/h4-5,9,13,17H,3,6-8,10-11H2,1-2H3/t13-/m1/s1. The number of benzene rings is 1. The number of nitro benzene ring substituents is 1. The van der Waals surface area contributed by atoms with Gasteiger partial charge in [0, 0.05) is 24.8 Å². The van der Waals surface area contributed by atoms with Gasteiger partial charge in [0.15, 0.2) is 5.78 Å². The average molecular weight is 305 g/mol. The van der Waals surface area contributed by atoms with Crippen LogP contribution in [0.5, 0.6) is 0 Å². The number of nitrogens with zero attached hydrogens (tertiary/aromatic N) is 2. The van der Waals surface area contributed by atoms with Crippen molar-refractivity contribution in [1.29, 1.82) is 0 Å². The van der Waals surface area contributed by atoms with E-state index >= 15 is 0 Å². The molecule has 0 bridgehead atoms. The zero-order chi connectivity index (χ0) is 16.1. The molecular weight excluding hydrogens is 282 g/mol. The molecule has 120 valence electrons. The molecule has 1 aliphatic rings. The summed E-state index contributed by atoms with van der Waals surface area (Å²) in [5.41, 5.74) is 0.798. The fourth-order valence-corrected chi connectivity index (χ4v) is 2.95. The van der Waals surface area contributed by atoms with E-state index in [2.05, 4.69) is 17.1 Å². The van der Waals surface area contributed by atoms with Crippen LogP contribution in [0.4, 0.5) is 11.4 Å². The maximum absolute atomic E-state index is 11.6. The van der Waals surface area contributed by atoms with Crippen LogP contribution in [0.1, 0.15) is 37.0 Å². The molecule has 6 nitrogen and oxygen atoms in total. The minimum absolute atomic E-state index is 0.131. The maximum Gasteiger partial charge on any atom is 0.280 e. The van der Waals surface area contributed by atoms with Gasteiger partial charge in [0.2, 0.25) is 0 Å². The highest BCUT2D eigenvalue weighted by molar-refractivity contribution is 5.99. The summed E-state index contributed by atoms with van der Waals surface area (Å²) in [6, 6.07) is 4.65. The third-order valence-corrected chi connectivity index (χ3v) is 4.08. The van der Waals surface area contributed by atoms with Crippen LogP contribution in [0.25, 0.3) is 0 Å². The third kappa shape index (κ3) is 4.04. The van der Waals surface area contributed by atoms with Crippen molar-refractivity contribution in [2.75, 3.05) is 31.5 Å². The number of anilines is 1. The Morgan fingerprint density at radius 2 is 2.27 bits per heavy atom. The highest BCUT2D eigenvalue weighted by Crippen LogP contribution is 2.24. The minimum Gasteiger partial charge on any atom is -0.385 e. The Morgan fingerprint density at radius 3 is 2.91 bits per heavy atom. The summed E-state index contributed by atoms with van der Waals surface area (Å²) in [7, 11) is 0. The molecule has 1 aromatic rings. The molecule has 0 saturated carbocycles. The quantitative estimate of drug-likeness (QED) is 0.476. The molecule has 6 heteroatoms. The molecule has 1 atom stereocenters.